The standard InChI is InChI=1S/C14H18N6O2/c1-21-13-17-12(18-14(19-13)22-2)20-7-3-4-10(8-20)11-5-6-15-9-16-11/h5-6,9-10H,3-4,7-8H2,1-2H3. The number of anilines is 1. The van der Waals surface area contributed by atoms with Crippen LogP contribution in [-0.2, 0) is 0 Å². The third-order valence-corrected chi connectivity index (χ3v) is 3.68. The van der Waals surface area contributed by atoms with Gasteiger partial charge in [0.1, 0.15) is 6.33 Å². The first kappa shape index (κ1) is 14.4. The van der Waals surface area contributed by atoms with Crippen molar-refractivity contribution in [1.82, 2.24) is 24.9 Å². The molecule has 0 N–H and O–H groups in total. The molecular weight excluding hydrogens is 284 g/mol. The Balaban J connectivity index is 1.82. The Kier molecular flexibility index (Phi) is 4.27. The summed E-state index contributed by atoms with van der Waals surface area (Å²) in [5.74, 6) is 0.910. The van der Waals surface area contributed by atoms with Gasteiger partial charge in [0, 0.05) is 30.9 Å². The summed E-state index contributed by atoms with van der Waals surface area (Å²) < 4.78 is 10.2. The SMILES string of the molecule is COc1nc(OC)nc(N2CCCC(c3ccncn3)C2)n1. The molecule has 116 valence electrons. The Hall–Kier alpha value is -2.51. The summed E-state index contributed by atoms with van der Waals surface area (Å²) in [5, 5.41) is 0. The molecule has 0 bridgehead atoms. The van der Waals surface area contributed by atoms with Crippen molar-refractivity contribution >= 4 is 5.95 Å². The summed E-state index contributed by atoms with van der Waals surface area (Å²) in [7, 11) is 3.05. The van der Waals surface area contributed by atoms with Gasteiger partial charge in [0.15, 0.2) is 0 Å². The van der Waals surface area contributed by atoms with Gasteiger partial charge in [0.2, 0.25) is 5.95 Å². The minimum Gasteiger partial charge on any atom is -0.467 e. The fourth-order valence-electron chi connectivity index (χ4n) is 2.59. The van der Waals surface area contributed by atoms with E-state index in [2.05, 4.69) is 29.8 Å². The van der Waals surface area contributed by atoms with E-state index < -0.39 is 0 Å². The summed E-state index contributed by atoms with van der Waals surface area (Å²) >= 11 is 0. The number of ether oxygens (including phenoxy) is 2. The van der Waals surface area contributed by atoms with Crippen molar-refractivity contribution in [3.05, 3.63) is 24.3 Å². The normalized spacial score (nSPS) is 18.1. The van der Waals surface area contributed by atoms with Crippen LogP contribution in [0.5, 0.6) is 12.0 Å². The smallest absolute Gasteiger partial charge is 0.324 e. The summed E-state index contributed by atoms with van der Waals surface area (Å²) in [6.45, 7) is 1.69. The molecule has 22 heavy (non-hydrogen) atoms. The van der Waals surface area contributed by atoms with Gasteiger partial charge in [-0.3, -0.25) is 0 Å². The summed E-state index contributed by atoms with van der Waals surface area (Å²) in [4.78, 5) is 23.1. The number of aromatic nitrogens is 5. The summed E-state index contributed by atoms with van der Waals surface area (Å²) in [5.41, 5.74) is 1.05. The second-order valence-electron chi connectivity index (χ2n) is 5.03. The van der Waals surface area contributed by atoms with Gasteiger partial charge in [0.05, 0.1) is 14.2 Å². The molecule has 0 radical (unpaired) electrons. The van der Waals surface area contributed by atoms with Gasteiger partial charge in [-0.05, 0) is 18.9 Å². The molecule has 1 fully saturated rings. The third-order valence-electron chi connectivity index (χ3n) is 3.68. The van der Waals surface area contributed by atoms with E-state index in [-0.39, 0.29) is 12.0 Å². The van der Waals surface area contributed by atoms with E-state index in [0.717, 1.165) is 31.6 Å². The maximum absolute atomic E-state index is 5.11. The Labute approximate surface area is 128 Å². The van der Waals surface area contributed by atoms with Crippen LogP contribution in [0.2, 0.25) is 0 Å². The molecule has 1 unspecified atom stereocenters. The number of hydrogen-bond acceptors (Lipinski definition) is 8. The van der Waals surface area contributed by atoms with Crippen molar-refractivity contribution in [3.8, 4) is 12.0 Å². The fraction of sp³-hybridized carbons (Fsp3) is 0.500. The first-order valence-electron chi connectivity index (χ1n) is 7.15. The largest absolute Gasteiger partial charge is 0.467 e. The Morgan fingerprint density at radius 3 is 2.55 bits per heavy atom. The molecule has 3 rings (SSSR count). The van der Waals surface area contributed by atoms with Crippen molar-refractivity contribution in [2.24, 2.45) is 0 Å². The molecule has 1 saturated heterocycles. The highest BCUT2D eigenvalue weighted by Crippen LogP contribution is 2.28. The second kappa shape index (κ2) is 6.50. The molecular formula is C14H18N6O2. The average molecular weight is 302 g/mol. The van der Waals surface area contributed by atoms with Crippen LogP contribution in [0.15, 0.2) is 18.6 Å². The minimum atomic E-state index is 0.256. The zero-order valence-corrected chi connectivity index (χ0v) is 12.6. The first-order chi connectivity index (χ1) is 10.8. The molecule has 8 nitrogen and oxygen atoms in total. The molecule has 2 aromatic rings. The lowest BCUT2D eigenvalue weighted by atomic mass is 9.95. The maximum Gasteiger partial charge on any atom is 0.324 e. The van der Waals surface area contributed by atoms with Crippen LogP contribution in [0.4, 0.5) is 5.95 Å². The third kappa shape index (κ3) is 3.05. The predicted octanol–water partition coefficient (Wildman–Crippen LogP) is 1.06. The number of methoxy groups -OCH3 is 2. The summed E-state index contributed by atoms with van der Waals surface area (Å²) in [6, 6.07) is 2.47. The second-order valence-corrected chi connectivity index (χ2v) is 5.03. The van der Waals surface area contributed by atoms with E-state index in [0.29, 0.717) is 11.9 Å². The highest BCUT2D eigenvalue weighted by atomic mass is 16.5. The lowest BCUT2D eigenvalue weighted by Gasteiger charge is -2.32. The van der Waals surface area contributed by atoms with Crippen molar-refractivity contribution in [1.29, 1.82) is 0 Å². The zero-order valence-electron chi connectivity index (χ0n) is 12.6. The molecule has 0 amide bonds. The maximum atomic E-state index is 5.11. The topological polar surface area (TPSA) is 86.2 Å². The van der Waals surface area contributed by atoms with Crippen LogP contribution >= 0.6 is 0 Å². The molecule has 1 aliphatic heterocycles. The quantitative estimate of drug-likeness (QED) is 0.828. The highest BCUT2D eigenvalue weighted by Gasteiger charge is 2.25. The van der Waals surface area contributed by atoms with Crippen molar-refractivity contribution in [3.63, 3.8) is 0 Å². The van der Waals surface area contributed by atoms with E-state index in [1.807, 2.05) is 6.07 Å². The van der Waals surface area contributed by atoms with Gasteiger partial charge < -0.3 is 14.4 Å². The van der Waals surface area contributed by atoms with Gasteiger partial charge in [0.25, 0.3) is 0 Å². The molecule has 2 aromatic heterocycles. The van der Waals surface area contributed by atoms with E-state index >= 15 is 0 Å². The highest BCUT2D eigenvalue weighted by molar-refractivity contribution is 5.34. The van der Waals surface area contributed by atoms with Crippen molar-refractivity contribution in [2.45, 2.75) is 18.8 Å². The molecule has 0 aliphatic carbocycles. The van der Waals surface area contributed by atoms with Crippen LogP contribution < -0.4 is 14.4 Å². The van der Waals surface area contributed by atoms with Crippen molar-refractivity contribution in [2.75, 3.05) is 32.2 Å². The van der Waals surface area contributed by atoms with Gasteiger partial charge in [-0.2, -0.15) is 9.97 Å². The van der Waals surface area contributed by atoms with E-state index in [9.17, 15) is 0 Å². The van der Waals surface area contributed by atoms with Crippen molar-refractivity contribution < 1.29 is 9.47 Å². The molecule has 0 spiro atoms. The van der Waals surface area contributed by atoms with Gasteiger partial charge in [-0.15, -0.1) is 4.98 Å². The molecule has 1 aliphatic rings. The number of nitrogens with zero attached hydrogens (tertiary/aromatic N) is 6. The molecule has 1 atom stereocenters. The first-order valence-corrected chi connectivity index (χ1v) is 7.15. The Morgan fingerprint density at radius 2 is 1.91 bits per heavy atom. The Morgan fingerprint density at radius 1 is 1.14 bits per heavy atom. The molecule has 3 heterocycles. The van der Waals surface area contributed by atoms with Crippen LogP contribution in [0.3, 0.4) is 0 Å². The van der Waals surface area contributed by atoms with E-state index in [4.69, 9.17) is 9.47 Å². The monoisotopic (exact) mass is 302 g/mol. The Bertz CT molecular complexity index is 602. The number of rotatable bonds is 4. The lowest BCUT2D eigenvalue weighted by Crippen LogP contribution is -2.36. The van der Waals surface area contributed by atoms with Crippen LogP contribution in [-0.4, -0.2) is 52.2 Å². The van der Waals surface area contributed by atoms with E-state index in [1.165, 1.54) is 14.2 Å². The average Bonchev–Trinajstić information content (AvgIpc) is 2.62. The fourth-order valence-corrected chi connectivity index (χ4v) is 2.59. The number of piperidine rings is 1. The van der Waals surface area contributed by atoms with E-state index in [1.54, 1.807) is 12.5 Å². The lowest BCUT2D eigenvalue weighted by molar-refractivity contribution is 0.338. The number of hydrogen-bond donors (Lipinski definition) is 0. The van der Waals surface area contributed by atoms with Gasteiger partial charge >= 0.3 is 12.0 Å². The molecule has 8 heteroatoms. The molecule has 0 aromatic carbocycles. The molecule has 0 saturated carbocycles. The predicted molar refractivity (Wildman–Crippen MR) is 79.2 cm³/mol. The van der Waals surface area contributed by atoms with Crippen LogP contribution in [0.1, 0.15) is 24.5 Å². The zero-order chi connectivity index (χ0) is 15.4. The van der Waals surface area contributed by atoms with Gasteiger partial charge in [-0.25, -0.2) is 9.97 Å². The minimum absolute atomic E-state index is 0.256. The summed E-state index contributed by atoms with van der Waals surface area (Å²) in [6.07, 6.45) is 5.50. The van der Waals surface area contributed by atoms with Crippen LogP contribution in [0, 0.1) is 0 Å². The van der Waals surface area contributed by atoms with Crippen LogP contribution in [0.25, 0.3) is 0 Å². The van der Waals surface area contributed by atoms with Gasteiger partial charge in [-0.1, -0.05) is 0 Å².